The first kappa shape index (κ1) is 23.5. The lowest BCUT2D eigenvalue weighted by atomic mass is 9.77. The van der Waals surface area contributed by atoms with Crippen molar-refractivity contribution in [3.05, 3.63) is 94.4 Å². The van der Waals surface area contributed by atoms with E-state index in [9.17, 15) is 18.5 Å². The number of carbonyl (C=O) groups is 1. The fourth-order valence-electron chi connectivity index (χ4n) is 3.76. The number of hydrogen-bond acceptors (Lipinski definition) is 5. The highest BCUT2D eigenvalue weighted by Gasteiger charge is 2.24. The van der Waals surface area contributed by atoms with E-state index in [1.54, 1.807) is 30.3 Å². The molecular weight excluding hydrogens is 466 g/mol. The summed E-state index contributed by atoms with van der Waals surface area (Å²) in [5.74, 6) is -0.236. The van der Waals surface area contributed by atoms with Crippen LogP contribution < -0.4 is 10.0 Å². The van der Waals surface area contributed by atoms with E-state index in [0.29, 0.717) is 21.8 Å². The largest absolute Gasteiger partial charge is 0.321 e. The van der Waals surface area contributed by atoms with E-state index in [2.05, 4.69) is 30.0 Å². The average Bonchev–Trinajstić information content (AvgIpc) is 3.22. The number of carbonyl (C=O) groups excluding carboxylic acids is 1. The van der Waals surface area contributed by atoms with Gasteiger partial charge < -0.3 is 5.32 Å². The van der Waals surface area contributed by atoms with Crippen molar-refractivity contribution in [3.63, 3.8) is 0 Å². The summed E-state index contributed by atoms with van der Waals surface area (Å²) in [6, 6.07) is 24.3. The lowest BCUT2D eigenvalue weighted by molar-refractivity contribution is 0.103. The molecule has 6 nitrogen and oxygen atoms in total. The van der Waals surface area contributed by atoms with Crippen LogP contribution in [0.5, 0.6) is 0 Å². The number of nitrogens with zero attached hydrogens (tertiary/aromatic N) is 1. The summed E-state index contributed by atoms with van der Waals surface area (Å²) < 4.78 is 26.3. The molecule has 4 rings (SSSR count). The maximum atomic E-state index is 13.0. The van der Waals surface area contributed by atoms with E-state index in [1.807, 2.05) is 42.5 Å². The fraction of sp³-hybridized carbons (Fsp3) is 0.154. The number of sulfonamides is 1. The summed E-state index contributed by atoms with van der Waals surface area (Å²) in [6.07, 6.45) is 1.10. The van der Waals surface area contributed by atoms with Crippen molar-refractivity contribution in [1.29, 1.82) is 5.26 Å². The number of thiophene rings is 1. The van der Waals surface area contributed by atoms with Crippen molar-refractivity contribution < 1.29 is 13.2 Å². The molecule has 0 fully saturated rings. The van der Waals surface area contributed by atoms with Crippen molar-refractivity contribution in [2.45, 2.75) is 19.3 Å². The van der Waals surface area contributed by atoms with Crippen LogP contribution in [0.1, 0.15) is 40.2 Å². The van der Waals surface area contributed by atoms with Crippen molar-refractivity contribution in [1.82, 2.24) is 0 Å². The summed E-state index contributed by atoms with van der Waals surface area (Å²) >= 11 is 1.34. The first-order valence-corrected chi connectivity index (χ1v) is 13.2. The van der Waals surface area contributed by atoms with Gasteiger partial charge in [-0.25, -0.2) is 8.42 Å². The first-order chi connectivity index (χ1) is 16.0. The molecule has 0 unspecified atom stereocenters. The highest BCUT2D eigenvalue weighted by atomic mass is 32.2. The highest BCUT2D eigenvalue weighted by Crippen LogP contribution is 2.34. The second-order valence-electron chi connectivity index (χ2n) is 8.59. The van der Waals surface area contributed by atoms with E-state index >= 15 is 0 Å². The van der Waals surface area contributed by atoms with E-state index in [-0.39, 0.29) is 11.3 Å². The molecule has 1 amide bonds. The van der Waals surface area contributed by atoms with Crippen LogP contribution in [0.2, 0.25) is 0 Å². The quantitative estimate of drug-likeness (QED) is 0.362. The van der Waals surface area contributed by atoms with Gasteiger partial charge in [-0.1, -0.05) is 38.1 Å². The van der Waals surface area contributed by atoms with E-state index in [0.717, 1.165) is 27.5 Å². The number of rotatable bonds is 6. The third kappa shape index (κ3) is 5.11. The van der Waals surface area contributed by atoms with E-state index < -0.39 is 10.0 Å². The minimum absolute atomic E-state index is 0.236. The van der Waals surface area contributed by atoms with Crippen LogP contribution in [-0.4, -0.2) is 20.6 Å². The molecule has 0 aliphatic heterocycles. The average molecular weight is 490 g/mol. The second-order valence-corrected chi connectivity index (χ2v) is 11.4. The topological polar surface area (TPSA) is 99.1 Å². The Kier molecular flexibility index (Phi) is 6.17. The molecule has 0 atom stereocenters. The SMILES string of the molecule is CC(C)(c1cccc(C#N)c1)c1cccc(NC(=O)c2cc3cc(NS(C)(=O)=O)ccc3s2)c1. The third-order valence-electron chi connectivity index (χ3n) is 5.60. The summed E-state index contributed by atoms with van der Waals surface area (Å²) in [5.41, 5.74) is 3.38. The van der Waals surface area contributed by atoms with Crippen molar-refractivity contribution in [2.24, 2.45) is 0 Å². The lowest BCUT2D eigenvalue weighted by Gasteiger charge is -2.27. The zero-order valence-electron chi connectivity index (χ0n) is 18.9. The summed E-state index contributed by atoms with van der Waals surface area (Å²) in [5, 5.41) is 13.0. The smallest absolute Gasteiger partial charge is 0.265 e. The second kappa shape index (κ2) is 8.93. The number of amides is 1. The lowest BCUT2D eigenvalue weighted by Crippen LogP contribution is -2.19. The number of hydrogen-bond donors (Lipinski definition) is 2. The van der Waals surface area contributed by atoms with Crippen molar-refractivity contribution in [3.8, 4) is 6.07 Å². The van der Waals surface area contributed by atoms with Crippen LogP contribution in [0, 0.1) is 11.3 Å². The molecule has 0 bridgehead atoms. The molecule has 0 spiro atoms. The van der Waals surface area contributed by atoms with Gasteiger partial charge in [-0.2, -0.15) is 5.26 Å². The van der Waals surface area contributed by atoms with Gasteiger partial charge >= 0.3 is 0 Å². The van der Waals surface area contributed by atoms with Gasteiger partial charge in [0.2, 0.25) is 10.0 Å². The molecule has 0 aliphatic rings. The zero-order valence-corrected chi connectivity index (χ0v) is 20.5. The Balaban J connectivity index is 1.57. The third-order valence-corrected chi connectivity index (χ3v) is 7.32. The number of nitriles is 1. The molecule has 172 valence electrons. The standard InChI is InChI=1S/C26H23N3O3S2/c1-26(2,19-7-4-6-17(12-19)16-27)20-8-5-9-21(15-20)28-25(30)24-14-18-13-22(29-34(3,31)32)10-11-23(18)33-24/h4-15,29H,1-3H3,(H,28,30). The predicted octanol–water partition coefficient (Wildman–Crippen LogP) is 5.72. The molecule has 1 aromatic heterocycles. The summed E-state index contributed by atoms with van der Waals surface area (Å²) in [7, 11) is -3.38. The Morgan fingerprint density at radius 3 is 2.35 bits per heavy atom. The molecule has 34 heavy (non-hydrogen) atoms. The molecule has 1 heterocycles. The Hall–Kier alpha value is -3.67. The maximum Gasteiger partial charge on any atom is 0.265 e. The van der Waals surface area contributed by atoms with Gasteiger partial charge in [0.05, 0.1) is 22.8 Å². The van der Waals surface area contributed by atoms with Crippen LogP contribution in [0.25, 0.3) is 10.1 Å². The highest BCUT2D eigenvalue weighted by molar-refractivity contribution is 7.92. The first-order valence-electron chi connectivity index (χ1n) is 10.5. The minimum atomic E-state index is -3.38. The van der Waals surface area contributed by atoms with Crippen LogP contribution in [-0.2, 0) is 15.4 Å². The Morgan fingerprint density at radius 1 is 0.941 bits per heavy atom. The van der Waals surface area contributed by atoms with Gasteiger partial charge in [0.1, 0.15) is 0 Å². The van der Waals surface area contributed by atoms with Gasteiger partial charge in [0.15, 0.2) is 0 Å². The van der Waals surface area contributed by atoms with E-state index in [4.69, 9.17) is 0 Å². The summed E-state index contributed by atoms with van der Waals surface area (Å²) in [6.45, 7) is 4.16. The molecule has 3 aromatic carbocycles. The number of fused-ring (bicyclic) bond motifs is 1. The van der Waals surface area contributed by atoms with Gasteiger partial charge in [-0.05, 0) is 65.0 Å². The van der Waals surface area contributed by atoms with E-state index in [1.165, 1.54) is 11.3 Å². The summed E-state index contributed by atoms with van der Waals surface area (Å²) in [4.78, 5) is 13.5. The van der Waals surface area contributed by atoms with Gasteiger partial charge in [-0.15, -0.1) is 11.3 Å². The van der Waals surface area contributed by atoms with Gasteiger partial charge in [-0.3, -0.25) is 9.52 Å². The van der Waals surface area contributed by atoms with Crippen LogP contribution in [0.3, 0.4) is 0 Å². The Labute approximate surface area is 202 Å². The van der Waals surface area contributed by atoms with Crippen molar-refractivity contribution >= 4 is 48.7 Å². The van der Waals surface area contributed by atoms with Gasteiger partial charge in [0, 0.05) is 21.5 Å². The number of anilines is 2. The molecule has 4 aromatic rings. The molecule has 0 saturated carbocycles. The van der Waals surface area contributed by atoms with Crippen LogP contribution in [0.15, 0.2) is 72.8 Å². The van der Waals surface area contributed by atoms with Crippen LogP contribution in [0.4, 0.5) is 11.4 Å². The van der Waals surface area contributed by atoms with Crippen molar-refractivity contribution in [2.75, 3.05) is 16.3 Å². The molecule has 8 heteroatoms. The molecular formula is C26H23N3O3S2. The zero-order chi connectivity index (χ0) is 24.5. The molecule has 0 saturated heterocycles. The van der Waals surface area contributed by atoms with Crippen LogP contribution >= 0.6 is 11.3 Å². The molecule has 2 N–H and O–H groups in total. The Morgan fingerprint density at radius 2 is 1.65 bits per heavy atom. The monoisotopic (exact) mass is 489 g/mol. The molecule has 0 aliphatic carbocycles. The predicted molar refractivity (Wildman–Crippen MR) is 138 cm³/mol. The maximum absolute atomic E-state index is 13.0. The molecule has 0 radical (unpaired) electrons. The normalized spacial score (nSPS) is 11.7. The Bertz CT molecular complexity index is 1550. The number of nitrogens with one attached hydrogen (secondary N) is 2. The number of benzene rings is 3. The fourth-order valence-corrected chi connectivity index (χ4v) is 5.25. The minimum Gasteiger partial charge on any atom is -0.321 e. The van der Waals surface area contributed by atoms with Gasteiger partial charge in [0.25, 0.3) is 5.91 Å².